The van der Waals surface area contributed by atoms with Crippen molar-refractivity contribution in [1.82, 2.24) is 14.1 Å². The highest BCUT2D eigenvalue weighted by Gasteiger charge is 2.21. The number of carbonyl (C=O) groups excluding carboxylic acids is 1. The molecule has 0 bridgehead atoms. The van der Waals surface area contributed by atoms with Crippen LogP contribution in [0.4, 0.5) is 5.69 Å². The van der Waals surface area contributed by atoms with E-state index in [1.54, 1.807) is 29.2 Å². The minimum atomic E-state index is -3.65. The number of nitrogens with zero attached hydrogens (tertiary/aromatic N) is 3. The summed E-state index contributed by atoms with van der Waals surface area (Å²) < 4.78 is 28.5. The van der Waals surface area contributed by atoms with Gasteiger partial charge < -0.3 is 5.32 Å². The van der Waals surface area contributed by atoms with Crippen molar-refractivity contribution in [3.8, 4) is 5.69 Å². The van der Waals surface area contributed by atoms with E-state index >= 15 is 0 Å². The van der Waals surface area contributed by atoms with Crippen molar-refractivity contribution in [3.63, 3.8) is 0 Å². The van der Waals surface area contributed by atoms with Gasteiger partial charge in [0.15, 0.2) is 0 Å². The molecule has 0 saturated carbocycles. The molecule has 3 rings (SSSR count). The van der Waals surface area contributed by atoms with E-state index in [1.165, 1.54) is 30.4 Å². The average Bonchev–Trinajstić information content (AvgIpc) is 3.11. The third-order valence-corrected chi connectivity index (χ3v) is 5.76. The van der Waals surface area contributed by atoms with E-state index in [0.717, 1.165) is 11.3 Å². The number of hydrogen-bond donors (Lipinski definition) is 1. The van der Waals surface area contributed by atoms with E-state index in [-0.39, 0.29) is 17.3 Å². The van der Waals surface area contributed by atoms with Gasteiger partial charge in [-0.3, -0.25) is 4.79 Å². The second kappa shape index (κ2) is 7.73. The Labute approximate surface area is 158 Å². The van der Waals surface area contributed by atoms with E-state index in [2.05, 4.69) is 10.4 Å². The molecule has 0 radical (unpaired) electrons. The number of rotatable bonds is 6. The molecule has 27 heavy (non-hydrogen) atoms. The Morgan fingerprint density at radius 2 is 1.78 bits per heavy atom. The molecule has 0 atom stereocenters. The van der Waals surface area contributed by atoms with Gasteiger partial charge >= 0.3 is 0 Å². The van der Waals surface area contributed by atoms with Crippen LogP contribution in [0.15, 0.2) is 71.9 Å². The number of sulfonamides is 1. The first kappa shape index (κ1) is 18.8. The monoisotopic (exact) mass is 384 g/mol. The highest BCUT2D eigenvalue weighted by Crippen LogP contribution is 2.19. The number of carbonyl (C=O) groups is 1. The van der Waals surface area contributed by atoms with E-state index in [4.69, 9.17) is 0 Å². The predicted molar refractivity (Wildman–Crippen MR) is 103 cm³/mol. The van der Waals surface area contributed by atoms with E-state index in [1.807, 2.05) is 30.3 Å². The van der Waals surface area contributed by atoms with Crippen LogP contribution < -0.4 is 5.32 Å². The van der Waals surface area contributed by atoms with Crippen LogP contribution >= 0.6 is 0 Å². The molecule has 8 heteroatoms. The lowest BCUT2D eigenvalue weighted by Gasteiger charge is -2.16. The number of para-hydroxylation sites is 1. The third kappa shape index (κ3) is 4.42. The van der Waals surface area contributed by atoms with E-state index in [0.29, 0.717) is 5.69 Å². The van der Waals surface area contributed by atoms with Gasteiger partial charge in [-0.25, -0.2) is 13.1 Å². The Hall–Kier alpha value is -2.97. The molecular weight excluding hydrogens is 364 g/mol. The van der Waals surface area contributed by atoms with Crippen molar-refractivity contribution in [2.24, 2.45) is 0 Å². The quantitative estimate of drug-likeness (QED) is 0.708. The van der Waals surface area contributed by atoms with E-state index in [9.17, 15) is 13.2 Å². The Morgan fingerprint density at radius 1 is 1.11 bits per heavy atom. The van der Waals surface area contributed by atoms with Crippen LogP contribution in [0.25, 0.3) is 5.69 Å². The lowest BCUT2D eigenvalue weighted by molar-refractivity contribution is -0.114. The molecule has 0 aliphatic heterocycles. The lowest BCUT2D eigenvalue weighted by atomic mass is 10.3. The number of hydrogen-bond acceptors (Lipinski definition) is 4. The Bertz CT molecular complexity index is 1030. The van der Waals surface area contributed by atoms with Crippen molar-refractivity contribution >= 4 is 21.6 Å². The molecule has 1 aromatic heterocycles. The molecule has 0 aliphatic rings. The summed E-state index contributed by atoms with van der Waals surface area (Å²) in [6.45, 7) is 1.59. The molecule has 0 aliphatic carbocycles. The fourth-order valence-electron chi connectivity index (χ4n) is 2.60. The lowest BCUT2D eigenvalue weighted by Crippen LogP contribution is -2.26. The Morgan fingerprint density at radius 3 is 2.41 bits per heavy atom. The summed E-state index contributed by atoms with van der Waals surface area (Å²) in [5, 5.41) is 6.90. The van der Waals surface area contributed by atoms with Crippen molar-refractivity contribution < 1.29 is 13.2 Å². The maximum atomic E-state index is 12.8. The molecule has 0 saturated heterocycles. The Kier molecular flexibility index (Phi) is 5.38. The number of amides is 1. The summed E-state index contributed by atoms with van der Waals surface area (Å²) in [5.74, 6) is -0.210. The number of aromatic nitrogens is 2. The standard InChI is InChI=1S/C19H20N4O3S/c1-15(24)21-17-8-10-19(11-9-17)27(25,26)22(2)13-16-12-20-23(14-16)18-6-4-3-5-7-18/h3-12,14H,13H2,1-2H3,(H,21,24). The van der Waals surface area contributed by atoms with Gasteiger partial charge in [0, 0.05) is 38.0 Å². The zero-order valence-electron chi connectivity index (χ0n) is 15.0. The van der Waals surface area contributed by atoms with Gasteiger partial charge in [0.2, 0.25) is 15.9 Å². The number of anilines is 1. The van der Waals surface area contributed by atoms with Gasteiger partial charge in [0.25, 0.3) is 0 Å². The van der Waals surface area contributed by atoms with Gasteiger partial charge in [-0.05, 0) is 36.4 Å². The van der Waals surface area contributed by atoms with Crippen LogP contribution in [0, 0.1) is 0 Å². The second-order valence-electron chi connectivity index (χ2n) is 6.10. The van der Waals surface area contributed by atoms with Crippen molar-refractivity contribution in [2.45, 2.75) is 18.4 Å². The van der Waals surface area contributed by atoms with Crippen molar-refractivity contribution in [2.75, 3.05) is 12.4 Å². The normalized spacial score (nSPS) is 11.5. The summed E-state index contributed by atoms with van der Waals surface area (Å²) in [5.41, 5.74) is 2.23. The molecule has 0 spiro atoms. The molecular formula is C19H20N4O3S. The van der Waals surface area contributed by atoms with Crippen LogP contribution in [0.2, 0.25) is 0 Å². The van der Waals surface area contributed by atoms with Gasteiger partial charge in [0.05, 0.1) is 16.8 Å². The maximum Gasteiger partial charge on any atom is 0.243 e. The molecule has 1 N–H and O–H groups in total. The topological polar surface area (TPSA) is 84.3 Å². The maximum absolute atomic E-state index is 12.8. The Balaban J connectivity index is 1.74. The van der Waals surface area contributed by atoms with Gasteiger partial charge in [-0.15, -0.1) is 0 Å². The molecule has 140 valence electrons. The molecule has 1 amide bonds. The van der Waals surface area contributed by atoms with Crippen LogP contribution in [0.5, 0.6) is 0 Å². The number of benzene rings is 2. The fraction of sp³-hybridized carbons (Fsp3) is 0.158. The van der Waals surface area contributed by atoms with Crippen LogP contribution in [0.3, 0.4) is 0 Å². The molecule has 0 unspecified atom stereocenters. The summed E-state index contributed by atoms with van der Waals surface area (Å²) in [4.78, 5) is 11.2. The first-order valence-electron chi connectivity index (χ1n) is 8.29. The predicted octanol–water partition coefficient (Wildman–Crippen LogP) is 2.65. The smallest absolute Gasteiger partial charge is 0.243 e. The highest BCUT2D eigenvalue weighted by atomic mass is 32.2. The van der Waals surface area contributed by atoms with Crippen molar-refractivity contribution in [1.29, 1.82) is 0 Å². The number of nitrogens with one attached hydrogen (secondary N) is 1. The highest BCUT2D eigenvalue weighted by molar-refractivity contribution is 7.89. The first-order chi connectivity index (χ1) is 12.9. The summed E-state index contributed by atoms with van der Waals surface area (Å²) in [6.07, 6.45) is 3.46. The third-order valence-electron chi connectivity index (χ3n) is 3.94. The van der Waals surface area contributed by atoms with Gasteiger partial charge in [0.1, 0.15) is 0 Å². The summed E-state index contributed by atoms with van der Waals surface area (Å²) >= 11 is 0. The molecule has 0 fully saturated rings. The van der Waals surface area contributed by atoms with Crippen LogP contribution in [0.1, 0.15) is 12.5 Å². The molecule has 7 nitrogen and oxygen atoms in total. The molecule has 3 aromatic rings. The van der Waals surface area contributed by atoms with E-state index < -0.39 is 10.0 Å². The summed E-state index contributed by atoms with van der Waals surface area (Å²) in [7, 11) is -2.13. The second-order valence-corrected chi connectivity index (χ2v) is 8.14. The van der Waals surface area contributed by atoms with Crippen molar-refractivity contribution in [3.05, 3.63) is 72.6 Å². The molecule has 1 heterocycles. The SMILES string of the molecule is CC(=O)Nc1ccc(S(=O)(=O)N(C)Cc2cnn(-c3ccccc3)c2)cc1. The van der Waals surface area contributed by atoms with Crippen LogP contribution in [-0.4, -0.2) is 35.5 Å². The zero-order chi connectivity index (χ0) is 19.4. The first-order valence-corrected chi connectivity index (χ1v) is 9.73. The summed E-state index contributed by atoms with van der Waals surface area (Å²) in [6, 6.07) is 15.7. The molecule has 2 aromatic carbocycles. The average molecular weight is 384 g/mol. The van der Waals surface area contributed by atoms with Gasteiger partial charge in [-0.2, -0.15) is 9.40 Å². The minimum Gasteiger partial charge on any atom is -0.326 e. The fourth-order valence-corrected chi connectivity index (χ4v) is 3.76. The van der Waals surface area contributed by atoms with Gasteiger partial charge in [-0.1, -0.05) is 18.2 Å². The largest absolute Gasteiger partial charge is 0.326 e. The zero-order valence-corrected chi connectivity index (χ0v) is 15.8. The van der Waals surface area contributed by atoms with Crippen LogP contribution in [-0.2, 0) is 21.4 Å². The minimum absolute atomic E-state index is 0.162.